The number of hydrogen-bond donors (Lipinski definition) is 1. The van der Waals surface area contributed by atoms with Crippen molar-refractivity contribution in [1.29, 1.82) is 0 Å². The normalized spacial score (nSPS) is 11.1. The third-order valence-corrected chi connectivity index (χ3v) is 3.95. The van der Waals surface area contributed by atoms with E-state index in [0.29, 0.717) is 0 Å². The number of H-pyrrole nitrogens is 1. The SMILES string of the molecule is Brc1cccc(-c2cc(-c3ccc4occc4c3)[nH]n2)c1. The second-order valence-electron chi connectivity index (χ2n) is 4.85. The van der Waals surface area contributed by atoms with Crippen LogP contribution in [-0.2, 0) is 0 Å². The molecule has 4 rings (SSSR count). The topological polar surface area (TPSA) is 41.8 Å². The average Bonchev–Trinajstić information content (AvgIpc) is 3.15. The van der Waals surface area contributed by atoms with Gasteiger partial charge < -0.3 is 4.42 Å². The zero-order chi connectivity index (χ0) is 14.2. The van der Waals surface area contributed by atoms with Gasteiger partial charge in [0.25, 0.3) is 0 Å². The van der Waals surface area contributed by atoms with Crippen molar-refractivity contribution in [2.24, 2.45) is 0 Å². The highest BCUT2D eigenvalue weighted by Crippen LogP contribution is 2.28. The van der Waals surface area contributed by atoms with E-state index in [4.69, 9.17) is 4.42 Å². The Bertz CT molecular complexity index is 923. The largest absolute Gasteiger partial charge is 0.464 e. The zero-order valence-electron chi connectivity index (χ0n) is 11.0. The summed E-state index contributed by atoms with van der Waals surface area (Å²) in [5.41, 5.74) is 4.99. The van der Waals surface area contributed by atoms with Gasteiger partial charge in [0.2, 0.25) is 0 Å². The van der Waals surface area contributed by atoms with Gasteiger partial charge in [-0.1, -0.05) is 28.1 Å². The average molecular weight is 339 g/mol. The summed E-state index contributed by atoms with van der Waals surface area (Å²) in [5.74, 6) is 0. The number of aromatic amines is 1. The van der Waals surface area contributed by atoms with E-state index < -0.39 is 0 Å². The molecule has 0 aliphatic rings. The fraction of sp³-hybridized carbons (Fsp3) is 0. The minimum Gasteiger partial charge on any atom is -0.464 e. The molecule has 0 saturated heterocycles. The maximum atomic E-state index is 5.37. The van der Waals surface area contributed by atoms with Crippen LogP contribution in [0.15, 0.2) is 69.8 Å². The van der Waals surface area contributed by atoms with Gasteiger partial charge in [0.1, 0.15) is 5.58 Å². The van der Waals surface area contributed by atoms with E-state index in [-0.39, 0.29) is 0 Å². The number of nitrogens with zero attached hydrogens (tertiary/aromatic N) is 1. The lowest BCUT2D eigenvalue weighted by Gasteiger charge is -1.97. The molecule has 0 aliphatic carbocycles. The summed E-state index contributed by atoms with van der Waals surface area (Å²) >= 11 is 3.49. The van der Waals surface area contributed by atoms with Crippen LogP contribution in [0.25, 0.3) is 33.5 Å². The summed E-state index contributed by atoms with van der Waals surface area (Å²) in [6, 6.07) is 18.2. The molecule has 3 nitrogen and oxygen atoms in total. The molecular weight excluding hydrogens is 328 g/mol. The van der Waals surface area contributed by atoms with E-state index in [1.807, 2.05) is 36.4 Å². The second-order valence-corrected chi connectivity index (χ2v) is 5.77. The molecule has 0 spiro atoms. The number of furan rings is 1. The lowest BCUT2D eigenvalue weighted by atomic mass is 10.1. The van der Waals surface area contributed by atoms with Gasteiger partial charge in [-0.3, -0.25) is 5.10 Å². The standard InChI is InChI=1S/C17H11BrN2O/c18-14-3-1-2-11(9-14)15-10-16(20-19-15)12-4-5-17-13(8-12)6-7-21-17/h1-10H,(H,19,20). The molecule has 0 radical (unpaired) electrons. The van der Waals surface area contributed by atoms with Crippen molar-refractivity contribution in [1.82, 2.24) is 10.2 Å². The lowest BCUT2D eigenvalue weighted by Crippen LogP contribution is -1.77. The fourth-order valence-corrected chi connectivity index (χ4v) is 2.80. The van der Waals surface area contributed by atoms with Crippen molar-refractivity contribution >= 4 is 26.9 Å². The summed E-state index contributed by atoms with van der Waals surface area (Å²) in [6.07, 6.45) is 1.70. The van der Waals surface area contributed by atoms with Crippen LogP contribution in [0.4, 0.5) is 0 Å². The van der Waals surface area contributed by atoms with Crippen LogP contribution in [0.5, 0.6) is 0 Å². The van der Waals surface area contributed by atoms with E-state index >= 15 is 0 Å². The molecule has 0 bridgehead atoms. The second kappa shape index (κ2) is 4.90. The molecular formula is C17H11BrN2O. The van der Waals surface area contributed by atoms with Crippen molar-refractivity contribution < 1.29 is 4.42 Å². The maximum absolute atomic E-state index is 5.37. The molecule has 21 heavy (non-hydrogen) atoms. The molecule has 0 amide bonds. The molecule has 102 valence electrons. The molecule has 4 aromatic rings. The van der Waals surface area contributed by atoms with E-state index in [2.05, 4.69) is 44.3 Å². The molecule has 0 saturated carbocycles. The summed E-state index contributed by atoms with van der Waals surface area (Å²) in [4.78, 5) is 0. The van der Waals surface area contributed by atoms with Crippen molar-refractivity contribution in [2.75, 3.05) is 0 Å². The Kier molecular flexibility index (Phi) is 2.89. The van der Waals surface area contributed by atoms with Crippen molar-refractivity contribution in [3.05, 3.63) is 65.3 Å². The smallest absolute Gasteiger partial charge is 0.133 e. The van der Waals surface area contributed by atoms with E-state index in [1.54, 1.807) is 6.26 Å². The monoisotopic (exact) mass is 338 g/mol. The summed E-state index contributed by atoms with van der Waals surface area (Å²) in [6.45, 7) is 0. The van der Waals surface area contributed by atoms with Crippen LogP contribution in [-0.4, -0.2) is 10.2 Å². The van der Waals surface area contributed by atoms with Gasteiger partial charge in [-0.05, 0) is 42.5 Å². The Balaban J connectivity index is 1.76. The number of aromatic nitrogens is 2. The quantitative estimate of drug-likeness (QED) is 0.542. The number of halogens is 1. The van der Waals surface area contributed by atoms with Crippen LogP contribution in [0.3, 0.4) is 0 Å². The van der Waals surface area contributed by atoms with Crippen molar-refractivity contribution in [2.45, 2.75) is 0 Å². The third kappa shape index (κ3) is 2.28. The summed E-state index contributed by atoms with van der Waals surface area (Å²) in [5, 5.41) is 8.59. The van der Waals surface area contributed by atoms with E-state index in [0.717, 1.165) is 38.0 Å². The predicted octanol–water partition coefficient (Wildman–Crippen LogP) is 5.25. The molecule has 2 heterocycles. The Hall–Kier alpha value is -2.33. The predicted molar refractivity (Wildman–Crippen MR) is 86.9 cm³/mol. The third-order valence-electron chi connectivity index (χ3n) is 3.46. The first-order valence-corrected chi connectivity index (χ1v) is 7.38. The number of benzene rings is 2. The Morgan fingerprint density at radius 3 is 2.81 bits per heavy atom. The van der Waals surface area contributed by atoms with Gasteiger partial charge in [-0.25, -0.2) is 0 Å². The Morgan fingerprint density at radius 2 is 1.90 bits per heavy atom. The van der Waals surface area contributed by atoms with Gasteiger partial charge in [0, 0.05) is 21.0 Å². The minimum absolute atomic E-state index is 0.894. The Labute approximate surface area is 129 Å². The highest BCUT2D eigenvalue weighted by Gasteiger charge is 2.07. The lowest BCUT2D eigenvalue weighted by molar-refractivity contribution is 0.616. The maximum Gasteiger partial charge on any atom is 0.133 e. The molecule has 2 aromatic carbocycles. The van der Waals surface area contributed by atoms with Crippen LogP contribution in [0.1, 0.15) is 0 Å². The number of rotatable bonds is 2. The molecule has 1 N–H and O–H groups in total. The highest BCUT2D eigenvalue weighted by atomic mass is 79.9. The highest BCUT2D eigenvalue weighted by molar-refractivity contribution is 9.10. The molecule has 0 unspecified atom stereocenters. The van der Waals surface area contributed by atoms with E-state index in [9.17, 15) is 0 Å². The van der Waals surface area contributed by atoms with E-state index in [1.165, 1.54) is 0 Å². The summed E-state index contributed by atoms with van der Waals surface area (Å²) < 4.78 is 6.41. The van der Waals surface area contributed by atoms with Crippen LogP contribution < -0.4 is 0 Å². The molecule has 0 atom stereocenters. The molecule has 4 heteroatoms. The number of hydrogen-bond acceptors (Lipinski definition) is 2. The van der Waals surface area contributed by atoms with Crippen LogP contribution in [0.2, 0.25) is 0 Å². The number of nitrogens with one attached hydrogen (secondary N) is 1. The van der Waals surface area contributed by atoms with Crippen LogP contribution in [0, 0.1) is 0 Å². The van der Waals surface area contributed by atoms with Gasteiger partial charge in [0.05, 0.1) is 17.7 Å². The number of fused-ring (bicyclic) bond motifs is 1. The van der Waals surface area contributed by atoms with Gasteiger partial charge in [-0.2, -0.15) is 5.10 Å². The van der Waals surface area contributed by atoms with Crippen molar-refractivity contribution in [3.63, 3.8) is 0 Å². The molecule has 2 aromatic heterocycles. The molecule has 0 fully saturated rings. The van der Waals surface area contributed by atoms with Gasteiger partial charge in [-0.15, -0.1) is 0 Å². The first kappa shape index (κ1) is 12.4. The van der Waals surface area contributed by atoms with Gasteiger partial charge >= 0.3 is 0 Å². The fourth-order valence-electron chi connectivity index (χ4n) is 2.40. The first-order chi connectivity index (χ1) is 10.3. The van der Waals surface area contributed by atoms with Crippen molar-refractivity contribution in [3.8, 4) is 22.5 Å². The minimum atomic E-state index is 0.894. The Morgan fingerprint density at radius 1 is 0.952 bits per heavy atom. The molecule has 0 aliphatic heterocycles. The first-order valence-electron chi connectivity index (χ1n) is 6.58. The van der Waals surface area contributed by atoms with Gasteiger partial charge in [0.15, 0.2) is 0 Å². The summed E-state index contributed by atoms with van der Waals surface area (Å²) in [7, 11) is 0. The zero-order valence-corrected chi connectivity index (χ0v) is 12.6. The van der Waals surface area contributed by atoms with Crippen LogP contribution >= 0.6 is 15.9 Å².